The molecule has 27 heavy (non-hydrogen) atoms. The number of carbonyl (C=O) groups is 2. The van der Waals surface area contributed by atoms with Crippen LogP contribution in [0.15, 0.2) is 23.0 Å². The number of carbonyl (C=O) groups excluding carboxylic acids is 2. The number of hydrogen-bond acceptors (Lipinski definition) is 7. The molecule has 0 aromatic carbocycles. The molecule has 1 fully saturated rings. The zero-order chi connectivity index (χ0) is 19.2. The highest BCUT2D eigenvalue weighted by Gasteiger charge is 2.32. The van der Waals surface area contributed by atoms with Crippen LogP contribution in [0.5, 0.6) is 0 Å². The van der Waals surface area contributed by atoms with Crippen LogP contribution in [0.3, 0.4) is 0 Å². The summed E-state index contributed by atoms with van der Waals surface area (Å²) in [5.74, 6) is -0.771. The third-order valence-electron chi connectivity index (χ3n) is 4.47. The van der Waals surface area contributed by atoms with Gasteiger partial charge < -0.3 is 4.74 Å². The van der Waals surface area contributed by atoms with E-state index in [0.29, 0.717) is 10.8 Å². The molecule has 3 rings (SSSR count). The van der Waals surface area contributed by atoms with Gasteiger partial charge in [-0.25, -0.2) is 14.8 Å². The van der Waals surface area contributed by atoms with Gasteiger partial charge in [-0.1, -0.05) is 19.3 Å². The Balaban J connectivity index is 1.65. The van der Waals surface area contributed by atoms with Crippen molar-refractivity contribution < 1.29 is 14.3 Å². The largest absolute Gasteiger partial charge is 0.449 e. The molecule has 1 aliphatic carbocycles. The first-order valence-corrected chi connectivity index (χ1v) is 10.8. The number of hydrogen-bond donors (Lipinski definition) is 0. The first-order valence-electron chi connectivity index (χ1n) is 9.08. The zero-order valence-electron chi connectivity index (χ0n) is 15.5. The molecule has 8 heteroatoms. The fourth-order valence-electron chi connectivity index (χ4n) is 3.17. The maximum absolute atomic E-state index is 13.0. The van der Waals surface area contributed by atoms with Crippen LogP contribution in [-0.2, 0) is 14.3 Å². The minimum absolute atomic E-state index is 0.118. The van der Waals surface area contributed by atoms with Crippen LogP contribution in [0.25, 0.3) is 6.08 Å². The minimum atomic E-state index is -0.870. The van der Waals surface area contributed by atoms with Gasteiger partial charge in [-0.05, 0) is 32.8 Å². The van der Waals surface area contributed by atoms with Crippen molar-refractivity contribution >= 4 is 45.8 Å². The molecule has 1 aliphatic rings. The second-order valence-corrected chi connectivity index (χ2v) is 8.45. The van der Waals surface area contributed by atoms with Gasteiger partial charge in [-0.15, -0.1) is 22.7 Å². The van der Waals surface area contributed by atoms with Gasteiger partial charge in [0.05, 0.1) is 10.7 Å². The van der Waals surface area contributed by atoms with Gasteiger partial charge in [0.2, 0.25) is 0 Å². The van der Waals surface area contributed by atoms with Gasteiger partial charge in [0.15, 0.2) is 11.2 Å². The molecule has 0 N–H and O–H groups in total. The number of aryl methyl sites for hydroxylation is 1. The van der Waals surface area contributed by atoms with Crippen LogP contribution < -0.4 is 4.90 Å². The van der Waals surface area contributed by atoms with E-state index in [0.717, 1.165) is 30.7 Å². The monoisotopic (exact) mass is 405 g/mol. The normalized spacial score (nSPS) is 16.4. The Kier molecular flexibility index (Phi) is 6.73. The molecule has 0 radical (unpaired) electrons. The van der Waals surface area contributed by atoms with Crippen molar-refractivity contribution in [2.45, 2.75) is 58.1 Å². The van der Waals surface area contributed by atoms with E-state index in [1.165, 1.54) is 35.2 Å². The Hall–Kier alpha value is -2.06. The molecule has 1 amide bonds. The third-order valence-corrected chi connectivity index (χ3v) is 6.03. The van der Waals surface area contributed by atoms with E-state index in [4.69, 9.17) is 4.74 Å². The molecule has 1 atom stereocenters. The highest BCUT2D eigenvalue weighted by atomic mass is 32.1. The fourth-order valence-corrected chi connectivity index (χ4v) is 4.47. The lowest BCUT2D eigenvalue weighted by atomic mass is 9.94. The second-order valence-electron chi connectivity index (χ2n) is 6.52. The number of thiazole rings is 2. The summed E-state index contributed by atoms with van der Waals surface area (Å²) < 4.78 is 5.35. The lowest BCUT2D eigenvalue weighted by molar-refractivity contribution is -0.149. The van der Waals surface area contributed by atoms with E-state index in [9.17, 15) is 9.59 Å². The van der Waals surface area contributed by atoms with E-state index >= 15 is 0 Å². The number of ether oxygens (including phenoxy) is 1. The molecule has 2 aromatic rings. The number of rotatable bonds is 6. The number of nitrogens with zero attached hydrogens (tertiary/aromatic N) is 3. The molecule has 0 bridgehead atoms. The molecular weight excluding hydrogens is 382 g/mol. The molecule has 1 saturated carbocycles. The average Bonchev–Trinajstić information content (AvgIpc) is 3.33. The van der Waals surface area contributed by atoms with Crippen LogP contribution in [0.2, 0.25) is 0 Å². The first-order chi connectivity index (χ1) is 13.0. The summed E-state index contributed by atoms with van der Waals surface area (Å²) in [6.07, 6.45) is 9.04. The SMILES string of the molecule is Cc1nc(/C=C\C(=O)O[C@H](C)C(=O)N(c2nccs2)C2CCCCC2)cs1. The Labute approximate surface area is 166 Å². The molecule has 2 aromatic heterocycles. The van der Waals surface area contributed by atoms with Crippen molar-refractivity contribution in [2.24, 2.45) is 0 Å². The zero-order valence-corrected chi connectivity index (χ0v) is 17.1. The number of anilines is 1. The highest BCUT2D eigenvalue weighted by Crippen LogP contribution is 2.29. The number of esters is 1. The van der Waals surface area contributed by atoms with Crippen LogP contribution >= 0.6 is 22.7 Å². The minimum Gasteiger partial charge on any atom is -0.449 e. The standard InChI is InChI=1S/C19H23N3O3S2/c1-13(25-17(23)9-8-15-12-27-14(2)21-15)18(24)22(19-20-10-11-26-19)16-6-4-3-5-7-16/h8-13,16H,3-7H2,1-2H3/b9-8-/t13-/m1/s1. The van der Waals surface area contributed by atoms with E-state index < -0.39 is 12.1 Å². The molecule has 0 spiro atoms. The Morgan fingerprint density at radius 2 is 2.07 bits per heavy atom. The molecule has 0 saturated heterocycles. The Morgan fingerprint density at radius 3 is 2.70 bits per heavy atom. The molecular formula is C19H23N3O3S2. The van der Waals surface area contributed by atoms with Gasteiger partial charge in [0.1, 0.15) is 0 Å². The first kappa shape index (κ1) is 19.7. The van der Waals surface area contributed by atoms with Crippen LogP contribution in [-0.4, -0.2) is 34.0 Å². The summed E-state index contributed by atoms with van der Waals surface area (Å²) in [6.45, 7) is 3.52. The van der Waals surface area contributed by atoms with E-state index in [-0.39, 0.29) is 11.9 Å². The predicted octanol–water partition coefficient (Wildman–Crippen LogP) is 4.22. The lowest BCUT2D eigenvalue weighted by Gasteiger charge is -2.33. The maximum Gasteiger partial charge on any atom is 0.331 e. The van der Waals surface area contributed by atoms with Crippen molar-refractivity contribution in [1.29, 1.82) is 0 Å². The Morgan fingerprint density at radius 1 is 1.30 bits per heavy atom. The number of amides is 1. The van der Waals surface area contributed by atoms with Crippen LogP contribution in [0, 0.1) is 6.92 Å². The smallest absolute Gasteiger partial charge is 0.331 e. The molecule has 2 heterocycles. The topological polar surface area (TPSA) is 72.4 Å². The van der Waals surface area contributed by atoms with Gasteiger partial charge in [0, 0.05) is 29.1 Å². The summed E-state index contributed by atoms with van der Waals surface area (Å²) in [4.78, 5) is 35.4. The number of aromatic nitrogens is 2. The van der Waals surface area contributed by atoms with Gasteiger partial charge >= 0.3 is 5.97 Å². The predicted molar refractivity (Wildman–Crippen MR) is 108 cm³/mol. The summed E-state index contributed by atoms with van der Waals surface area (Å²) in [5, 5.41) is 5.32. The molecule has 0 aliphatic heterocycles. The van der Waals surface area contributed by atoms with Gasteiger partial charge in [-0.3, -0.25) is 9.69 Å². The van der Waals surface area contributed by atoms with Crippen LogP contribution in [0.1, 0.15) is 49.7 Å². The fraction of sp³-hybridized carbons (Fsp3) is 0.474. The molecule has 0 unspecified atom stereocenters. The van der Waals surface area contributed by atoms with Crippen molar-refractivity contribution in [3.63, 3.8) is 0 Å². The van der Waals surface area contributed by atoms with Gasteiger partial charge in [0.25, 0.3) is 5.91 Å². The van der Waals surface area contributed by atoms with E-state index in [1.807, 2.05) is 17.7 Å². The Bertz CT molecular complexity index is 795. The van der Waals surface area contributed by atoms with Crippen molar-refractivity contribution in [3.05, 3.63) is 33.7 Å². The van der Waals surface area contributed by atoms with Crippen LogP contribution in [0.4, 0.5) is 5.13 Å². The average molecular weight is 406 g/mol. The highest BCUT2D eigenvalue weighted by molar-refractivity contribution is 7.13. The summed E-state index contributed by atoms with van der Waals surface area (Å²) in [6, 6.07) is 0.118. The third kappa shape index (κ3) is 5.23. The maximum atomic E-state index is 13.0. The molecule has 6 nitrogen and oxygen atoms in total. The van der Waals surface area contributed by atoms with Gasteiger partial charge in [-0.2, -0.15) is 0 Å². The molecule has 144 valence electrons. The van der Waals surface area contributed by atoms with E-state index in [1.54, 1.807) is 24.1 Å². The quantitative estimate of drug-likeness (QED) is 0.531. The summed E-state index contributed by atoms with van der Waals surface area (Å²) in [5.41, 5.74) is 0.708. The van der Waals surface area contributed by atoms with Crippen molar-refractivity contribution in [2.75, 3.05) is 4.90 Å². The van der Waals surface area contributed by atoms with E-state index in [2.05, 4.69) is 9.97 Å². The van der Waals surface area contributed by atoms with Crippen molar-refractivity contribution in [1.82, 2.24) is 9.97 Å². The summed E-state index contributed by atoms with van der Waals surface area (Å²) >= 11 is 2.94. The lowest BCUT2D eigenvalue weighted by Crippen LogP contribution is -2.47. The van der Waals surface area contributed by atoms with Crippen molar-refractivity contribution in [3.8, 4) is 0 Å². The summed E-state index contributed by atoms with van der Waals surface area (Å²) in [7, 11) is 0. The second kappa shape index (κ2) is 9.23.